The molecule has 1 aliphatic carbocycles. The number of aliphatic hydroxyl groups excluding tert-OH is 2. The summed E-state index contributed by atoms with van der Waals surface area (Å²) in [5.41, 5.74) is 2.54. The van der Waals surface area contributed by atoms with Crippen LogP contribution in [0.2, 0.25) is 0 Å². The molecule has 3 atom stereocenters. The number of halogens is 2. The van der Waals surface area contributed by atoms with E-state index in [0.29, 0.717) is 17.3 Å². The van der Waals surface area contributed by atoms with Crippen molar-refractivity contribution in [3.63, 3.8) is 0 Å². The SMILES string of the molecule is OCC1CC(O)CC1(N[C]=S)c1ccc(F)c(Br)c1. The number of thiocarbonyl (C=S) groups is 1. The first-order valence-electron chi connectivity index (χ1n) is 5.92. The van der Waals surface area contributed by atoms with Crippen molar-refractivity contribution in [1.82, 2.24) is 5.32 Å². The highest BCUT2D eigenvalue weighted by Crippen LogP contribution is 2.44. The first-order chi connectivity index (χ1) is 9.03. The van der Waals surface area contributed by atoms with E-state index in [4.69, 9.17) is 12.2 Å². The van der Waals surface area contributed by atoms with E-state index < -0.39 is 11.6 Å². The topological polar surface area (TPSA) is 52.5 Å². The molecule has 0 amide bonds. The van der Waals surface area contributed by atoms with Gasteiger partial charge in [-0.1, -0.05) is 18.3 Å². The third kappa shape index (κ3) is 2.67. The van der Waals surface area contributed by atoms with E-state index in [9.17, 15) is 14.6 Å². The average molecular weight is 347 g/mol. The lowest BCUT2D eigenvalue weighted by atomic mass is 9.81. The Labute approximate surface area is 125 Å². The van der Waals surface area contributed by atoms with Gasteiger partial charge in [-0.3, -0.25) is 0 Å². The molecule has 1 radical (unpaired) electrons. The molecule has 0 bridgehead atoms. The third-order valence-corrected chi connectivity index (χ3v) is 4.45. The van der Waals surface area contributed by atoms with Crippen LogP contribution >= 0.6 is 28.1 Å². The van der Waals surface area contributed by atoms with Crippen molar-refractivity contribution in [2.45, 2.75) is 24.5 Å². The Morgan fingerprint density at radius 2 is 2.32 bits per heavy atom. The molecule has 0 saturated heterocycles. The summed E-state index contributed by atoms with van der Waals surface area (Å²) in [5.74, 6) is -0.556. The van der Waals surface area contributed by atoms with E-state index >= 15 is 0 Å². The van der Waals surface area contributed by atoms with Gasteiger partial charge in [-0.15, -0.1) is 0 Å². The fourth-order valence-electron chi connectivity index (χ4n) is 2.83. The first-order valence-corrected chi connectivity index (χ1v) is 7.12. The van der Waals surface area contributed by atoms with Crippen molar-refractivity contribution in [1.29, 1.82) is 0 Å². The standard InChI is InChI=1S/C13H14BrFNO2S/c14-11-4-8(1-2-12(11)15)13(16-7-19)5-10(18)3-9(13)6-17/h1-2,4,9-10,17-18H,3,5-6H2,(H,16,19). The van der Waals surface area contributed by atoms with Crippen LogP contribution in [0.4, 0.5) is 4.39 Å². The molecule has 2 rings (SSSR count). The highest BCUT2D eigenvalue weighted by molar-refractivity contribution is 9.10. The number of aliphatic hydroxyl groups is 2. The van der Waals surface area contributed by atoms with Crippen LogP contribution in [0.25, 0.3) is 0 Å². The molecule has 3 N–H and O–H groups in total. The van der Waals surface area contributed by atoms with Crippen LogP contribution in [0, 0.1) is 11.7 Å². The second-order valence-electron chi connectivity index (χ2n) is 4.80. The van der Waals surface area contributed by atoms with Gasteiger partial charge in [0.05, 0.1) is 16.1 Å². The van der Waals surface area contributed by atoms with Crippen LogP contribution < -0.4 is 5.32 Å². The Morgan fingerprint density at radius 1 is 1.58 bits per heavy atom. The van der Waals surface area contributed by atoms with Gasteiger partial charge in [-0.2, -0.15) is 0 Å². The summed E-state index contributed by atoms with van der Waals surface area (Å²) in [6.07, 6.45) is 0.340. The van der Waals surface area contributed by atoms with Gasteiger partial charge in [0.2, 0.25) is 0 Å². The molecule has 0 heterocycles. The molecule has 0 aliphatic heterocycles. The third-order valence-electron chi connectivity index (χ3n) is 3.74. The quantitative estimate of drug-likeness (QED) is 0.576. The van der Waals surface area contributed by atoms with E-state index in [1.54, 1.807) is 12.1 Å². The molecule has 6 heteroatoms. The van der Waals surface area contributed by atoms with E-state index in [0.717, 1.165) is 5.56 Å². The van der Waals surface area contributed by atoms with E-state index in [1.165, 1.54) is 6.07 Å². The maximum absolute atomic E-state index is 13.3. The molecule has 103 valence electrons. The van der Waals surface area contributed by atoms with Crippen LogP contribution in [0.5, 0.6) is 0 Å². The number of nitrogens with one attached hydrogen (secondary N) is 1. The second kappa shape index (κ2) is 5.83. The minimum atomic E-state index is -0.702. The predicted octanol–water partition coefficient (Wildman–Crippen LogP) is 1.97. The van der Waals surface area contributed by atoms with E-state index in [2.05, 4.69) is 26.7 Å². The Hall–Kier alpha value is -0.560. The lowest BCUT2D eigenvalue weighted by Crippen LogP contribution is -2.46. The minimum absolute atomic E-state index is 0.0872. The lowest BCUT2D eigenvalue weighted by molar-refractivity contribution is 0.158. The summed E-state index contributed by atoms with van der Waals surface area (Å²) in [4.78, 5) is 0. The Kier molecular flexibility index (Phi) is 4.55. The van der Waals surface area contributed by atoms with Crippen molar-refractivity contribution in [2.24, 2.45) is 5.92 Å². The molecule has 1 fully saturated rings. The highest BCUT2D eigenvalue weighted by Gasteiger charge is 2.47. The van der Waals surface area contributed by atoms with Crippen molar-refractivity contribution in [3.8, 4) is 0 Å². The molecule has 1 aromatic rings. The summed E-state index contributed by atoms with van der Waals surface area (Å²) in [6, 6.07) is 4.64. The average Bonchev–Trinajstić information content (AvgIpc) is 2.70. The monoisotopic (exact) mass is 346 g/mol. The Bertz CT molecular complexity index is 488. The van der Waals surface area contributed by atoms with Gasteiger partial charge in [-0.05, 0) is 40.0 Å². The van der Waals surface area contributed by atoms with Crippen molar-refractivity contribution >= 4 is 33.6 Å². The number of rotatable bonds is 4. The molecule has 1 saturated carbocycles. The minimum Gasteiger partial charge on any atom is -0.396 e. The molecule has 3 unspecified atom stereocenters. The van der Waals surface area contributed by atoms with Crippen LogP contribution in [0.1, 0.15) is 18.4 Å². The van der Waals surface area contributed by atoms with Gasteiger partial charge < -0.3 is 15.5 Å². The number of hydrogen-bond acceptors (Lipinski definition) is 3. The molecule has 0 aromatic heterocycles. The highest BCUT2D eigenvalue weighted by atomic mass is 79.9. The lowest BCUT2D eigenvalue weighted by Gasteiger charge is -2.35. The van der Waals surface area contributed by atoms with Gasteiger partial charge in [0.25, 0.3) is 0 Å². The Morgan fingerprint density at radius 3 is 2.89 bits per heavy atom. The zero-order valence-corrected chi connectivity index (χ0v) is 12.5. The first kappa shape index (κ1) is 14.8. The fourth-order valence-corrected chi connectivity index (χ4v) is 3.39. The summed E-state index contributed by atoms with van der Waals surface area (Å²) in [7, 11) is 0. The van der Waals surface area contributed by atoms with Crippen LogP contribution in [0.15, 0.2) is 22.7 Å². The smallest absolute Gasteiger partial charge is 0.137 e. The fraction of sp³-hybridized carbons (Fsp3) is 0.462. The Balaban J connectivity index is 2.48. The normalized spacial score (nSPS) is 30.3. The predicted molar refractivity (Wildman–Crippen MR) is 77.3 cm³/mol. The molecule has 19 heavy (non-hydrogen) atoms. The zero-order chi connectivity index (χ0) is 14.0. The maximum atomic E-state index is 13.3. The van der Waals surface area contributed by atoms with E-state index in [-0.39, 0.29) is 18.3 Å². The molecule has 0 spiro atoms. The van der Waals surface area contributed by atoms with Crippen molar-refractivity contribution in [3.05, 3.63) is 34.1 Å². The second-order valence-corrected chi connectivity index (χ2v) is 5.86. The van der Waals surface area contributed by atoms with Gasteiger partial charge in [0.15, 0.2) is 0 Å². The van der Waals surface area contributed by atoms with Crippen LogP contribution in [-0.2, 0) is 5.54 Å². The molecule has 1 aromatic carbocycles. The van der Waals surface area contributed by atoms with Gasteiger partial charge >= 0.3 is 0 Å². The molecular weight excluding hydrogens is 333 g/mol. The zero-order valence-electron chi connectivity index (χ0n) is 10.1. The van der Waals surface area contributed by atoms with Crippen molar-refractivity contribution in [2.75, 3.05) is 6.61 Å². The summed E-state index contributed by atoms with van der Waals surface area (Å²) in [5, 5.41) is 22.4. The summed E-state index contributed by atoms with van der Waals surface area (Å²) in [6.45, 7) is -0.0872. The van der Waals surface area contributed by atoms with Crippen LogP contribution in [-0.4, -0.2) is 28.4 Å². The summed E-state index contributed by atoms with van der Waals surface area (Å²) < 4.78 is 13.7. The van der Waals surface area contributed by atoms with Crippen LogP contribution in [0.3, 0.4) is 0 Å². The maximum Gasteiger partial charge on any atom is 0.137 e. The summed E-state index contributed by atoms with van der Waals surface area (Å²) >= 11 is 7.90. The number of benzene rings is 1. The van der Waals surface area contributed by atoms with Gasteiger partial charge in [0.1, 0.15) is 11.3 Å². The van der Waals surface area contributed by atoms with E-state index in [1.807, 2.05) is 0 Å². The van der Waals surface area contributed by atoms with Gasteiger partial charge in [0, 0.05) is 18.9 Å². The van der Waals surface area contributed by atoms with Crippen molar-refractivity contribution < 1.29 is 14.6 Å². The molecule has 3 nitrogen and oxygen atoms in total. The largest absolute Gasteiger partial charge is 0.396 e. The number of hydrogen-bond donors (Lipinski definition) is 3. The van der Waals surface area contributed by atoms with Gasteiger partial charge in [-0.25, -0.2) is 4.39 Å². The molecular formula is C13H14BrFNO2S. The molecule has 1 aliphatic rings.